The molecule has 2 aromatic carbocycles. The maximum atomic E-state index is 9.55. The zero-order valence-electron chi connectivity index (χ0n) is 13.7. The van der Waals surface area contributed by atoms with Crippen molar-refractivity contribution in [1.29, 1.82) is 0 Å². The highest BCUT2D eigenvalue weighted by molar-refractivity contribution is 5.90. The highest BCUT2D eigenvalue weighted by Gasteiger charge is 2.07. The average Bonchev–Trinajstić information content (AvgIpc) is 2.62. The number of aromatic nitrogens is 1. The molecule has 0 aliphatic rings. The van der Waals surface area contributed by atoms with Gasteiger partial charge in [0.2, 0.25) is 0 Å². The number of fused-ring (bicyclic) bond motifs is 1. The van der Waals surface area contributed by atoms with E-state index in [-0.39, 0.29) is 0 Å². The van der Waals surface area contributed by atoms with Crippen LogP contribution in [0.1, 0.15) is 0 Å². The number of pyridine rings is 1. The minimum atomic E-state index is -1.26. The molecule has 0 bridgehead atoms. The number of nitrogens with two attached hydrogens (primary N) is 2. The maximum absolute atomic E-state index is 9.55. The normalized spacial score (nSPS) is 10.3. The first-order valence-electron chi connectivity index (χ1n) is 7.51. The summed E-state index contributed by atoms with van der Waals surface area (Å²) in [6.45, 7) is 0. The Balaban J connectivity index is 0.000000260. The van der Waals surface area contributed by atoms with E-state index >= 15 is 0 Å². The molecule has 1 heterocycles. The van der Waals surface area contributed by atoms with Crippen LogP contribution in [0.25, 0.3) is 22.0 Å². The van der Waals surface area contributed by atoms with Gasteiger partial charge in [-0.15, -0.1) is 0 Å². The number of carboxylic acid groups (broad SMARTS) is 2. The Labute approximate surface area is 149 Å². The third kappa shape index (κ3) is 4.81. The molecule has 0 atom stereocenters. The molecule has 0 amide bonds. The molecule has 0 saturated heterocycles. The van der Waals surface area contributed by atoms with Gasteiger partial charge in [-0.1, -0.05) is 36.4 Å². The van der Waals surface area contributed by atoms with Gasteiger partial charge in [0, 0.05) is 23.9 Å². The second-order valence-corrected chi connectivity index (χ2v) is 5.23. The zero-order valence-corrected chi connectivity index (χ0v) is 13.7. The molecule has 0 unspecified atom stereocenters. The molecule has 6 N–H and O–H groups in total. The first kappa shape index (κ1) is 18.5. The SMILES string of the molecule is Nc1ccnc(-c2ccc3ccccc3c2)c1N.O=C(O)/C=C\C(=O)O. The number of benzene rings is 2. The Hall–Kier alpha value is -3.87. The van der Waals surface area contributed by atoms with Crippen LogP contribution in [0.2, 0.25) is 0 Å². The Bertz CT molecular complexity index is 967. The van der Waals surface area contributed by atoms with Crippen LogP contribution in [-0.4, -0.2) is 27.1 Å². The van der Waals surface area contributed by atoms with Gasteiger partial charge in [0.15, 0.2) is 0 Å². The molecule has 0 saturated carbocycles. The summed E-state index contributed by atoms with van der Waals surface area (Å²) in [6.07, 6.45) is 2.79. The van der Waals surface area contributed by atoms with Crippen LogP contribution < -0.4 is 11.5 Å². The predicted octanol–water partition coefficient (Wildman–Crippen LogP) is 2.78. The van der Waals surface area contributed by atoms with E-state index in [1.807, 2.05) is 18.2 Å². The van der Waals surface area contributed by atoms with Gasteiger partial charge in [0.05, 0.1) is 17.1 Å². The van der Waals surface area contributed by atoms with Gasteiger partial charge >= 0.3 is 11.9 Å². The van der Waals surface area contributed by atoms with Crippen LogP contribution in [0, 0.1) is 0 Å². The quantitative estimate of drug-likeness (QED) is 0.532. The molecule has 0 radical (unpaired) electrons. The van der Waals surface area contributed by atoms with Crippen LogP contribution in [0.15, 0.2) is 66.9 Å². The molecule has 3 aromatic rings. The third-order valence-corrected chi connectivity index (χ3v) is 3.42. The van der Waals surface area contributed by atoms with Crippen molar-refractivity contribution in [2.24, 2.45) is 0 Å². The van der Waals surface area contributed by atoms with E-state index in [0.29, 0.717) is 23.5 Å². The van der Waals surface area contributed by atoms with Crippen LogP contribution >= 0.6 is 0 Å². The summed E-state index contributed by atoms with van der Waals surface area (Å²) >= 11 is 0. The lowest BCUT2D eigenvalue weighted by Gasteiger charge is -2.08. The summed E-state index contributed by atoms with van der Waals surface area (Å²) in [7, 11) is 0. The molecule has 3 rings (SSSR count). The summed E-state index contributed by atoms with van der Waals surface area (Å²) in [5.41, 5.74) is 14.6. The number of aliphatic carboxylic acids is 2. The number of hydrogen-bond donors (Lipinski definition) is 4. The molecule has 1 aromatic heterocycles. The third-order valence-electron chi connectivity index (χ3n) is 3.42. The largest absolute Gasteiger partial charge is 0.478 e. The Kier molecular flexibility index (Phi) is 5.89. The molecule has 0 spiro atoms. The number of hydrogen-bond acceptors (Lipinski definition) is 5. The lowest BCUT2D eigenvalue weighted by molar-refractivity contribution is -0.134. The van der Waals surface area contributed by atoms with Gasteiger partial charge in [-0.25, -0.2) is 9.59 Å². The summed E-state index contributed by atoms with van der Waals surface area (Å²) in [6, 6.07) is 16.1. The van der Waals surface area contributed by atoms with Crippen molar-refractivity contribution in [3.05, 3.63) is 66.9 Å². The van der Waals surface area contributed by atoms with Gasteiger partial charge in [-0.3, -0.25) is 4.98 Å². The zero-order chi connectivity index (χ0) is 19.1. The highest BCUT2D eigenvalue weighted by atomic mass is 16.4. The molecular weight excluding hydrogens is 334 g/mol. The van der Waals surface area contributed by atoms with Crippen LogP contribution in [0.4, 0.5) is 11.4 Å². The first-order chi connectivity index (χ1) is 12.4. The van der Waals surface area contributed by atoms with E-state index in [1.165, 1.54) is 10.8 Å². The molecule has 0 aliphatic carbocycles. The fourth-order valence-electron chi connectivity index (χ4n) is 2.20. The highest BCUT2D eigenvalue weighted by Crippen LogP contribution is 2.29. The van der Waals surface area contributed by atoms with Crippen LogP contribution in [0.3, 0.4) is 0 Å². The van der Waals surface area contributed by atoms with Gasteiger partial charge in [0.1, 0.15) is 0 Å². The van der Waals surface area contributed by atoms with Crippen molar-refractivity contribution in [1.82, 2.24) is 4.98 Å². The minimum Gasteiger partial charge on any atom is -0.478 e. The molecule has 0 aliphatic heterocycles. The number of nitrogens with zero attached hydrogens (tertiary/aromatic N) is 1. The number of carboxylic acids is 2. The van der Waals surface area contributed by atoms with E-state index < -0.39 is 11.9 Å². The smallest absolute Gasteiger partial charge is 0.328 e. The van der Waals surface area contributed by atoms with E-state index in [1.54, 1.807) is 12.3 Å². The van der Waals surface area contributed by atoms with E-state index in [0.717, 1.165) is 11.3 Å². The summed E-state index contributed by atoms with van der Waals surface area (Å²) in [5.74, 6) is -2.51. The van der Waals surface area contributed by atoms with Gasteiger partial charge in [-0.05, 0) is 22.9 Å². The molecule has 7 heteroatoms. The summed E-state index contributed by atoms with van der Waals surface area (Å²) in [4.78, 5) is 23.4. The minimum absolute atomic E-state index is 0.535. The molecule has 0 fully saturated rings. The van der Waals surface area contributed by atoms with Crippen molar-refractivity contribution in [3.8, 4) is 11.3 Å². The van der Waals surface area contributed by atoms with E-state index in [2.05, 4.69) is 29.2 Å². The molecular formula is C19H17N3O4. The van der Waals surface area contributed by atoms with Crippen LogP contribution in [-0.2, 0) is 9.59 Å². The van der Waals surface area contributed by atoms with Crippen molar-refractivity contribution < 1.29 is 19.8 Å². The summed E-state index contributed by atoms with van der Waals surface area (Å²) < 4.78 is 0. The summed E-state index contributed by atoms with van der Waals surface area (Å²) in [5, 5.41) is 18.0. The van der Waals surface area contributed by atoms with Crippen molar-refractivity contribution >= 4 is 34.1 Å². The standard InChI is InChI=1S/C15H13N3.C4H4O4/c16-13-7-8-18-15(14(13)17)12-6-5-10-3-1-2-4-11(10)9-12;5-3(6)1-2-4(7)8/h1-9H,17H2,(H2,16,18);1-2H,(H,5,6)(H,7,8)/b;2-1-. The topological polar surface area (TPSA) is 140 Å². The van der Waals surface area contributed by atoms with Gasteiger partial charge < -0.3 is 21.7 Å². The van der Waals surface area contributed by atoms with E-state index in [9.17, 15) is 9.59 Å². The van der Waals surface area contributed by atoms with Crippen molar-refractivity contribution in [2.45, 2.75) is 0 Å². The van der Waals surface area contributed by atoms with Crippen molar-refractivity contribution in [3.63, 3.8) is 0 Å². The maximum Gasteiger partial charge on any atom is 0.328 e. The second kappa shape index (κ2) is 8.29. The van der Waals surface area contributed by atoms with E-state index in [4.69, 9.17) is 21.7 Å². The Morgan fingerprint density at radius 3 is 2.12 bits per heavy atom. The molecule has 132 valence electrons. The second-order valence-electron chi connectivity index (χ2n) is 5.23. The lowest BCUT2D eigenvalue weighted by atomic mass is 10.0. The van der Waals surface area contributed by atoms with Gasteiger partial charge in [0.25, 0.3) is 0 Å². The lowest BCUT2D eigenvalue weighted by Crippen LogP contribution is -1.98. The van der Waals surface area contributed by atoms with Gasteiger partial charge in [-0.2, -0.15) is 0 Å². The predicted molar refractivity (Wildman–Crippen MR) is 100 cm³/mol. The number of carbonyl (C=O) groups is 2. The number of rotatable bonds is 3. The fraction of sp³-hybridized carbons (Fsp3) is 0. The average molecular weight is 351 g/mol. The number of nitrogen functional groups attached to an aromatic ring is 2. The Morgan fingerprint density at radius 1 is 0.885 bits per heavy atom. The molecule has 7 nitrogen and oxygen atoms in total. The van der Waals surface area contributed by atoms with Crippen molar-refractivity contribution in [2.75, 3.05) is 11.5 Å². The Morgan fingerprint density at radius 2 is 1.50 bits per heavy atom. The molecule has 26 heavy (non-hydrogen) atoms. The number of anilines is 2. The first-order valence-corrected chi connectivity index (χ1v) is 7.51. The monoisotopic (exact) mass is 351 g/mol. The van der Waals surface area contributed by atoms with Crippen LogP contribution in [0.5, 0.6) is 0 Å². The fourth-order valence-corrected chi connectivity index (χ4v) is 2.20.